The summed E-state index contributed by atoms with van der Waals surface area (Å²) in [6.07, 6.45) is 18.0. The molecule has 198 valence electrons. The van der Waals surface area contributed by atoms with Gasteiger partial charge in [0.05, 0.1) is 18.3 Å². The van der Waals surface area contributed by atoms with Crippen LogP contribution in [0.3, 0.4) is 0 Å². The largest absolute Gasteiger partial charge is 0.493 e. The van der Waals surface area contributed by atoms with Crippen LogP contribution in [0, 0.1) is 11.8 Å². The molecule has 0 amide bonds. The summed E-state index contributed by atoms with van der Waals surface area (Å²) < 4.78 is 6.17. The summed E-state index contributed by atoms with van der Waals surface area (Å²) in [5, 5.41) is 21.3. The van der Waals surface area contributed by atoms with Gasteiger partial charge in [-0.3, -0.25) is 0 Å². The third kappa shape index (κ3) is 12.1. The molecule has 0 saturated heterocycles. The van der Waals surface area contributed by atoms with Gasteiger partial charge in [0.1, 0.15) is 5.76 Å². The van der Waals surface area contributed by atoms with Gasteiger partial charge in [0.2, 0.25) is 0 Å². The SMILES string of the molecule is CCCCC=C(C)CCCC(C)(O)CCCC(C)CCC1=CC(O)C(C)C(C)=C1OCCCC. The lowest BCUT2D eigenvalue weighted by Gasteiger charge is -2.29. The molecule has 0 aromatic rings. The number of hydrogen-bond acceptors (Lipinski definition) is 3. The Hall–Kier alpha value is -1.06. The zero-order valence-corrected chi connectivity index (χ0v) is 23.6. The van der Waals surface area contributed by atoms with E-state index in [1.54, 1.807) is 0 Å². The van der Waals surface area contributed by atoms with Crippen LogP contribution in [0.5, 0.6) is 0 Å². The monoisotopic (exact) mass is 476 g/mol. The van der Waals surface area contributed by atoms with Crippen molar-refractivity contribution in [3.8, 4) is 0 Å². The van der Waals surface area contributed by atoms with Crippen LogP contribution in [0.1, 0.15) is 132 Å². The van der Waals surface area contributed by atoms with E-state index in [-0.39, 0.29) is 5.92 Å². The van der Waals surface area contributed by atoms with Crippen LogP contribution >= 0.6 is 0 Å². The van der Waals surface area contributed by atoms with Crippen LogP contribution in [-0.2, 0) is 4.74 Å². The van der Waals surface area contributed by atoms with Gasteiger partial charge in [-0.2, -0.15) is 0 Å². The Labute approximate surface area is 211 Å². The average Bonchev–Trinajstić information content (AvgIpc) is 2.77. The van der Waals surface area contributed by atoms with Gasteiger partial charge in [0, 0.05) is 5.92 Å². The second kappa shape index (κ2) is 16.6. The Balaban J connectivity index is 2.42. The standard InChI is InChI=1S/C31H56O3/c1-8-10-12-15-24(3)16-13-20-31(7,33)21-14-17-25(4)18-19-28-23-29(32)26(5)27(6)30(28)34-22-11-9-2/h15,23,25-26,29,32-33H,8-14,16-22H2,1-7H3. The molecule has 2 N–H and O–H groups in total. The quantitative estimate of drug-likeness (QED) is 0.154. The molecule has 1 aliphatic rings. The molecule has 3 nitrogen and oxygen atoms in total. The van der Waals surface area contributed by atoms with Gasteiger partial charge in [-0.05, 0) is 95.3 Å². The lowest BCUT2D eigenvalue weighted by atomic mass is 9.84. The van der Waals surface area contributed by atoms with Gasteiger partial charge in [-0.15, -0.1) is 0 Å². The summed E-state index contributed by atoms with van der Waals surface area (Å²) >= 11 is 0. The molecule has 34 heavy (non-hydrogen) atoms. The van der Waals surface area contributed by atoms with E-state index in [0.29, 0.717) is 5.92 Å². The predicted molar refractivity (Wildman–Crippen MR) is 147 cm³/mol. The third-order valence-electron chi connectivity index (χ3n) is 7.62. The lowest BCUT2D eigenvalue weighted by molar-refractivity contribution is 0.0365. The Bertz CT molecular complexity index is 656. The summed E-state index contributed by atoms with van der Waals surface area (Å²) in [6, 6.07) is 0. The Morgan fingerprint density at radius 1 is 1.12 bits per heavy atom. The highest BCUT2D eigenvalue weighted by molar-refractivity contribution is 5.37. The Kier molecular flexibility index (Phi) is 15.1. The first-order valence-corrected chi connectivity index (χ1v) is 14.2. The molecule has 0 aromatic carbocycles. The smallest absolute Gasteiger partial charge is 0.121 e. The maximum Gasteiger partial charge on any atom is 0.121 e. The molecular weight excluding hydrogens is 420 g/mol. The van der Waals surface area contributed by atoms with E-state index in [1.165, 1.54) is 36.0 Å². The van der Waals surface area contributed by atoms with Crippen molar-refractivity contribution in [1.82, 2.24) is 0 Å². The van der Waals surface area contributed by atoms with Crippen molar-refractivity contribution in [2.24, 2.45) is 11.8 Å². The molecule has 1 aliphatic carbocycles. The number of hydrogen-bond donors (Lipinski definition) is 2. The number of aliphatic hydroxyl groups excluding tert-OH is 1. The van der Waals surface area contributed by atoms with Crippen molar-refractivity contribution in [3.05, 3.63) is 34.6 Å². The van der Waals surface area contributed by atoms with Crippen LogP contribution in [0.4, 0.5) is 0 Å². The van der Waals surface area contributed by atoms with E-state index in [2.05, 4.69) is 47.6 Å². The van der Waals surface area contributed by atoms with Crippen LogP contribution in [0.2, 0.25) is 0 Å². The maximum atomic E-state index is 10.8. The Morgan fingerprint density at radius 2 is 1.79 bits per heavy atom. The van der Waals surface area contributed by atoms with E-state index in [1.807, 2.05) is 13.0 Å². The molecule has 0 aromatic heterocycles. The number of unbranched alkanes of at least 4 members (excludes halogenated alkanes) is 3. The van der Waals surface area contributed by atoms with Gasteiger partial charge < -0.3 is 14.9 Å². The normalized spacial score (nSPS) is 21.9. The summed E-state index contributed by atoms with van der Waals surface area (Å²) in [5.74, 6) is 1.74. The molecule has 1 rings (SSSR count). The molecule has 3 heteroatoms. The van der Waals surface area contributed by atoms with Crippen molar-refractivity contribution in [3.63, 3.8) is 0 Å². The lowest BCUT2D eigenvalue weighted by Crippen LogP contribution is -2.24. The minimum atomic E-state index is -0.560. The summed E-state index contributed by atoms with van der Waals surface area (Å²) in [7, 11) is 0. The number of aliphatic hydroxyl groups is 2. The number of ether oxygens (including phenoxy) is 1. The fraction of sp³-hybridized carbons (Fsp3) is 0.806. The topological polar surface area (TPSA) is 49.7 Å². The summed E-state index contributed by atoms with van der Waals surface area (Å²) in [4.78, 5) is 0. The zero-order valence-electron chi connectivity index (χ0n) is 23.6. The van der Waals surface area contributed by atoms with E-state index in [4.69, 9.17) is 4.74 Å². The average molecular weight is 477 g/mol. The molecule has 0 heterocycles. The molecule has 4 atom stereocenters. The minimum absolute atomic E-state index is 0.121. The van der Waals surface area contributed by atoms with Gasteiger partial charge in [-0.1, -0.05) is 71.4 Å². The number of rotatable bonds is 18. The predicted octanol–water partition coefficient (Wildman–Crippen LogP) is 8.66. The van der Waals surface area contributed by atoms with Gasteiger partial charge in [0.25, 0.3) is 0 Å². The second-order valence-corrected chi connectivity index (χ2v) is 11.3. The highest BCUT2D eigenvalue weighted by Crippen LogP contribution is 2.34. The van der Waals surface area contributed by atoms with Crippen LogP contribution in [0.25, 0.3) is 0 Å². The van der Waals surface area contributed by atoms with Crippen molar-refractivity contribution in [2.75, 3.05) is 6.61 Å². The molecular formula is C31H56O3. The summed E-state index contributed by atoms with van der Waals surface area (Å²) in [6.45, 7) is 15.9. The van der Waals surface area contributed by atoms with Crippen LogP contribution in [-0.4, -0.2) is 28.5 Å². The minimum Gasteiger partial charge on any atom is -0.493 e. The molecule has 0 spiro atoms. The van der Waals surface area contributed by atoms with Crippen molar-refractivity contribution >= 4 is 0 Å². The second-order valence-electron chi connectivity index (χ2n) is 11.3. The fourth-order valence-electron chi connectivity index (χ4n) is 4.77. The number of allylic oxidation sites excluding steroid dienone is 3. The molecule has 0 saturated carbocycles. The highest BCUT2D eigenvalue weighted by atomic mass is 16.5. The van der Waals surface area contributed by atoms with Crippen molar-refractivity contribution < 1.29 is 14.9 Å². The summed E-state index contributed by atoms with van der Waals surface area (Å²) in [5.41, 5.74) is 3.27. The maximum absolute atomic E-state index is 10.8. The molecule has 0 fully saturated rings. The molecule has 0 aliphatic heterocycles. The van der Waals surface area contributed by atoms with Gasteiger partial charge in [0.15, 0.2) is 0 Å². The van der Waals surface area contributed by atoms with Gasteiger partial charge in [-0.25, -0.2) is 0 Å². The third-order valence-corrected chi connectivity index (χ3v) is 7.62. The highest BCUT2D eigenvalue weighted by Gasteiger charge is 2.26. The van der Waals surface area contributed by atoms with Crippen LogP contribution < -0.4 is 0 Å². The molecule has 0 bridgehead atoms. The van der Waals surface area contributed by atoms with E-state index in [0.717, 1.165) is 76.6 Å². The first-order valence-electron chi connectivity index (χ1n) is 14.2. The zero-order chi connectivity index (χ0) is 25.6. The van der Waals surface area contributed by atoms with E-state index < -0.39 is 11.7 Å². The van der Waals surface area contributed by atoms with Crippen molar-refractivity contribution in [1.29, 1.82) is 0 Å². The molecule has 0 radical (unpaired) electrons. The Morgan fingerprint density at radius 3 is 2.47 bits per heavy atom. The molecule has 4 unspecified atom stereocenters. The van der Waals surface area contributed by atoms with Crippen LogP contribution in [0.15, 0.2) is 34.6 Å². The van der Waals surface area contributed by atoms with Gasteiger partial charge >= 0.3 is 0 Å². The first-order chi connectivity index (χ1) is 16.1. The van der Waals surface area contributed by atoms with E-state index in [9.17, 15) is 10.2 Å². The first kappa shape index (κ1) is 31.0. The van der Waals surface area contributed by atoms with Crippen molar-refractivity contribution in [2.45, 2.75) is 144 Å². The van der Waals surface area contributed by atoms with E-state index >= 15 is 0 Å². The fourth-order valence-corrected chi connectivity index (χ4v) is 4.77.